The Kier molecular flexibility index (Phi) is 5.22. The molecule has 1 saturated carbocycles. The molecule has 1 aromatic carbocycles. The molecule has 0 radical (unpaired) electrons. The number of benzene rings is 1. The summed E-state index contributed by atoms with van der Waals surface area (Å²) in [6, 6.07) is 9.23. The second-order valence-corrected chi connectivity index (χ2v) is 7.96. The van der Waals surface area contributed by atoms with Crippen LogP contribution in [0.25, 0.3) is 0 Å². The maximum absolute atomic E-state index is 12.4. The number of hydrogen-bond donors (Lipinski definition) is 1. The Bertz CT molecular complexity index is 951. The Labute approximate surface area is 166 Å². The van der Waals surface area contributed by atoms with Crippen molar-refractivity contribution in [3.8, 4) is 0 Å². The van der Waals surface area contributed by atoms with E-state index in [9.17, 15) is 4.79 Å². The average Bonchev–Trinajstić information content (AvgIpc) is 3.21. The highest BCUT2D eigenvalue weighted by Crippen LogP contribution is 2.40. The third-order valence-corrected chi connectivity index (χ3v) is 5.59. The zero-order chi connectivity index (χ0) is 18.8. The van der Waals surface area contributed by atoms with Crippen molar-refractivity contribution in [1.29, 1.82) is 0 Å². The number of thioether (sulfide) groups is 1. The lowest BCUT2D eigenvalue weighted by Crippen LogP contribution is -2.15. The highest BCUT2D eigenvalue weighted by atomic mass is 35.5. The van der Waals surface area contributed by atoms with E-state index in [1.54, 1.807) is 18.4 Å². The quantitative estimate of drug-likeness (QED) is 0.589. The number of furan rings is 1. The van der Waals surface area contributed by atoms with Gasteiger partial charge in [-0.2, -0.15) is 0 Å². The molecule has 0 saturated heterocycles. The van der Waals surface area contributed by atoms with Crippen LogP contribution in [0.5, 0.6) is 0 Å². The van der Waals surface area contributed by atoms with E-state index in [0.29, 0.717) is 17.5 Å². The minimum absolute atomic E-state index is 0.106. The van der Waals surface area contributed by atoms with Crippen LogP contribution in [0.4, 0.5) is 5.69 Å². The molecule has 1 fully saturated rings. The van der Waals surface area contributed by atoms with Gasteiger partial charge in [-0.25, -0.2) is 0 Å². The molecular formula is C19H19ClN4O2S. The van der Waals surface area contributed by atoms with Crippen LogP contribution in [-0.2, 0) is 11.3 Å². The van der Waals surface area contributed by atoms with Crippen molar-refractivity contribution in [2.45, 2.75) is 37.4 Å². The van der Waals surface area contributed by atoms with Crippen LogP contribution < -0.4 is 5.32 Å². The summed E-state index contributed by atoms with van der Waals surface area (Å²) >= 11 is 7.39. The number of rotatable bonds is 7. The van der Waals surface area contributed by atoms with E-state index in [1.807, 2.05) is 25.1 Å². The lowest BCUT2D eigenvalue weighted by atomic mass is 10.2. The molecule has 3 aromatic rings. The van der Waals surface area contributed by atoms with E-state index in [4.69, 9.17) is 16.0 Å². The van der Waals surface area contributed by atoms with Crippen molar-refractivity contribution >= 4 is 35.0 Å². The van der Waals surface area contributed by atoms with Gasteiger partial charge in [-0.3, -0.25) is 9.36 Å². The van der Waals surface area contributed by atoms with Crippen molar-refractivity contribution in [1.82, 2.24) is 14.8 Å². The number of anilines is 1. The number of nitrogens with zero attached hydrogens (tertiary/aromatic N) is 3. The predicted octanol–water partition coefficient (Wildman–Crippen LogP) is 4.49. The topological polar surface area (TPSA) is 73.0 Å². The summed E-state index contributed by atoms with van der Waals surface area (Å²) in [5.41, 5.74) is 1.69. The fraction of sp³-hybridized carbons (Fsp3) is 0.316. The number of carbonyl (C=O) groups excluding carboxylic acids is 1. The molecule has 2 aromatic heterocycles. The minimum atomic E-state index is -0.106. The molecular weight excluding hydrogens is 384 g/mol. The lowest BCUT2D eigenvalue weighted by molar-refractivity contribution is -0.113. The molecule has 1 amide bonds. The van der Waals surface area contributed by atoms with Crippen LogP contribution in [0.2, 0.25) is 5.02 Å². The summed E-state index contributed by atoms with van der Waals surface area (Å²) in [7, 11) is 0. The first-order valence-electron chi connectivity index (χ1n) is 8.74. The van der Waals surface area contributed by atoms with Gasteiger partial charge in [0.15, 0.2) is 5.16 Å². The van der Waals surface area contributed by atoms with Crippen molar-refractivity contribution in [3.63, 3.8) is 0 Å². The molecule has 1 N–H and O–H groups in total. The zero-order valence-corrected chi connectivity index (χ0v) is 16.4. The van der Waals surface area contributed by atoms with Gasteiger partial charge in [0, 0.05) is 16.6 Å². The fourth-order valence-corrected chi connectivity index (χ4v) is 3.72. The van der Waals surface area contributed by atoms with Gasteiger partial charge in [0.05, 0.1) is 18.6 Å². The Balaban J connectivity index is 1.44. The number of halogens is 1. The van der Waals surface area contributed by atoms with Crippen molar-refractivity contribution in [3.05, 3.63) is 58.8 Å². The maximum Gasteiger partial charge on any atom is 0.234 e. The Morgan fingerprint density at radius 2 is 2.22 bits per heavy atom. The zero-order valence-electron chi connectivity index (χ0n) is 14.8. The summed E-state index contributed by atoms with van der Waals surface area (Å²) in [4.78, 5) is 12.4. The molecule has 6 nitrogen and oxygen atoms in total. The summed E-state index contributed by atoms with van der Waals surface area (Å²) in [5.74, 6) is 2.42. The molecule has 140 valence electrons. The Hall–Kier alpha value is -2.25. The van der Waals surface area contributed by atoms with Crippen LogP contribution in [0, 0.1) is 6.92 Å². The molecule has 8 heteroatoms. The van der Waals surface area contributed by atoms with Gasteiger partial charge in [0.25, 0.3) is 0 Å². The van der Waals surface area contributed by atoms with Crippen LogP contribution in [0.15, 0.2) is 46.2 Å². The van der Waals surface area contributed by atoms with E-state index in [1.165, 1.54) is 11.8 Å². The smallest absolute Gasteiger partial charge is 0.234 e. The monoisotopic (exact) mass is 402 g/mol. The standard InChI is InChI=1S/C19H19ClN4O2S/c1-12-4-7-14(20)9-16(12)21-17(25)11-27-19-23-22-18(13-5-6-13)24(19)10-15-3-2-8-26-15/h2-4,7-9,13H,5-6,10-11H2,1H3,(H,21,25). The number of nitrogens with one attached hydrogen (secondary N) is 1. The molecule has 2 heterocycles. The average molecular weight is 403 g/mol. The van der Waals surface area contributed by atoms with Gasteiger partial charge in [-0.05, 0) is 49.6 Å². The third kappa shape index (κ3) is 4.36. The van der Waals surface area contributed by atoms with Gasteiger partial charge >= 0.3 is 0 Å². The maximum atomic E-state index is 12.4. The molecule has 0 spiro atoms. The largest absolute Gasteiger partial charge is 0.467 e. The SMILES string of the molecule is Cc1ccc(Cl)cc1NC(=O)CSc1nnc(C2CC2)n1Cc1ccco1. The van der Waals surface area contributed by atoms with Crippen LogP contribution >= 0.6 is 23.4 Å². The Morgan fingerprint density at radius 1 is 1.37 bits per heavy atom. The molecule has 0 bridgehead atoms. The normalized spacial score (nSPS) is 13.7. The van der Waals surface area contributed by atoms with Crippen molar-refractivity contribution in [2.24, 2.45) is 0 Å². The van der Waals surface area contributed by atoms with E-state index in [-0.39, 0.29) is 11.7 Å². The van der Waals surface area contributed by atoms with Gasteiger partial charge in [0.2, 0.25) is 5.91 Å². The van der Waals surface area contributed by atoms with Gasteiger partial charge in [0.1, 0.15) is 11.6 Å². The number of aryl methyl sites for hydroxylation is 1. The summed E-state index contributed by atoms with van der Waals surface area (Å²) in [6.45, 7) is 2.50. The minimum Gasteiger partial charge on any atom is -0.467 e. The number of amides is 1. The van der Waals surface area contributed by atoms with E-state index >= 15 is 0 Å². The lowest BCUT2D eigenvalue weighted by Gasteiger charge is -2.10. The van der Waals surface area contributed by atoms with Crippen molar-refractivity contribution < 1.29 is 9.21 Å². The molecule has 0 aliphatic heterocycles. The van der Waals surface area contributed by atoms with E-state index < -0.39 is 0 Å². The highest BCUT2D eigenvalue weighted by molar-refractivity contribution is 7.99. The molecule has 0 unspecified atom stereocenters. The number of aromatic nitrogens is 3. The summed E-state index contributed by atoms with van der Waals surface area (Å²) in [6.07, 6.45) is 3.93. The van der Waals surface area contributed by atoms with Gasteiger partial charge < -0.3 is 9.73 Å². The number of hydrogen-bond acceptors (Lipinski definition) is 5. The second-order valence-electron chi connectivity index (χ2n) is 6.58. The van der Waals surface area contributed by atoms with Crippen LogP contribution in [-0.4, -0.2) is 26.4 Å². The van der Waals surface area contributed by atoms with Gasteiger partial charge in [-0.1, -0.05) is 29.4 Å². The van der Waals surface area contributed by atoms with E-state index in [0.717, 1.165) is 40.8 Å². The first-order chi connectivity index (χ1) is 13.1. The first-order valence-corrected chi connectivity index (χ1v) is 10.1. The molecule has 1 aliphatic carbocycles. The molecule has 27 heavy (non-hydrogen) atoms. The van der Waals surface area contributed by atoms with Crippen molar-refractivity contribution in [2.75, 3.05) is 11.1 Å². The molecule has 0 atom stereocenters. The second kappa shape index (κ2) is 7.78. The third-order valence-electron chi connectivity index (χ3n) is 4.39. The molecule has 1 aliphatic rings. The predicted molar refractivity (Wildman–Crippen MR) is 105 cm³/mol. The summed E-state index contributed by atoms with van der Waals surface area (Å²) in [5, 5.41) is 12.9. The molecule has 4 rings (SSSR count). The fourth-order valence-electron chi connectivity index (χ4n) is 2.80. The van der Waals surface area contributed by atoms with E-state index in [2.05, 4.69) is 20.1 Å². The summed E-state index contributed by atoms with van der Waals surface area (Å²) < 4.78 is 7.52. The number of carbonyl (C=O) groups is 1. The van der Waals surface area contributed by atoms with Crippen LogP contribution in [0.1, 0.15) is 35.9 Å². The highest BCUT2D eigenvalue weighted by Gasteiger charge is 2.30. The van der Waals surface area contributed by atoms with Gasteiger partial charge in [-0.15, -0.1) is 10.2 Å². The van der Waals surface area contributed by atoms with Crippen LogP contribution in [0.3, 0.4) is 0 Å². The Morgan fingerprint density at radius 3 is 2.96 bits per heavy atom. The first kappa shape index (κ1) is 18.1.